The van der Waals surface area contributed by atoms with Gasteiger partial charge in [0.2, 0.25) is 0 Å². The highest BCUT2D eigenvalue weighted by Gasteiger charge is 2.62. The van der Waals surface area contributed by atoms with E-state index in [1.807, 2.05) is 0 Å². The molecule has 8 heteroatoms. The summed E-state index contributed by atoms with van der Waals surface area (Å²) >= 11 is 0. The van der Waals surface area contributed by atoms with Crippen molar-refractivity contribution in [1.82, 2.24) is 0 Å². The zero-order chi connectivity index (χ0) is 9.28. The summed E-state index contributed by atoms with van der Waals surface area (Å²) in [6.45, 7) is 0. The van der Waals surface area contributed by atoms with Crippen molar-refractivity contribution in [2.24, 2.45) is 5.21 Å². The van der Waals surface area contributed by atoms with Crippen molar-refractivity contribution in [2.75, 3.05) is 0 Å². The van der Waals surface area contributed by atoms with Crippen LogP contribution in [0.1, 0.15) is 0 Å². The monoisotopic (exact) mass is 183 g/mol. The maximum absolute atomic E-state index is 11.5. The molecular formula is C3F7N. The Morgan fingerprint density at radius 3 is 1.45 bits per heavy atom. The van der Waals surface area contributed by atoms with Crippen LogP contribution in [0.3, 0.4) is 0 Å². The van der Waals surface area contributed by atoms with Gasteiger partial charge in [-0.2, -0.15) is 26.3 Å². The fraction of sp³-hybridized carbons (Fsp3) is 0.667. The molecule has 0 spiro atoms. The van der Waals surface area contributed by atoms with E-state index in [2.05, 4.69) is 0 Å². The van der Waals surface area contributed by atoms with Crippen molar-refractivity contribution in [3.8, 4) is 0 Å². The first kappa shape index (κ1) is 10.2. The molecule has 0 aliphatic heterocycles. The fourth-order valence-electron chi connectivity index (χ4n) is 0.170. The SMILES string of the molecule is FN=C(F)C(F)(F)C(F)(F)F. The summed E-state index contributed by atoms with van der Waals surface area (Å²) in [5, 5.41) is 0.607. The number of nitrogens with zero attached hydrogens (tertiary/aromatic N) is 1. The third-order valence-corrected chi connectivity index (χ3v) is 0.689. The summed E-state index contributed by atoms with van der Waals surface area (Å²) in [5.41, 5.74) is 0. The van der Waals surface area contributed by atoms with Crippen molar-refractivity contribution in [3.05, 3.63) is 0 Å². The van der Waals surface area contributed by atoms with Crippen LogP contribution in [0.25, 0.3) is 0 Å². The highest BCUT2D eigenvalue weighted by Crippen LogP contribution is 2.36. The zero-order valence-corrected chi connectivity index (χ0v) is 4.59. The van der Waals surface area contributed by atoms with E-state index in [1.54, 1.807) is 0 Å². The molecule has 0 aromatic rings. The topological polar surface area (TPSA) is 12.4 Å². The van der Waals surface area contributed by atoms with Gasteiger partial charge in [-0.1, -0.05) is 9.70 Å². The van der Waals surface area contributed by atoms with E-state index in [-0.39, 0.29) is 0 Å². The molecule has 0 bridgehead atoms. The number of rotatable bonds is 1. The Hall–Kier alpha value is -0.820. The van der Waals surface area contributed by atoms with Gasteiger partial charge in [0.15, 0.2) is 0 Å². The van der Waals surface area contributed by atoms with Crippen molar-refractivity contribution >= 4 is 5.97 Å². The van der Waals surface area contributed by atoms with Crippen LogP contribution in [-0.2, 0) is 0 Å². The molecule has 0 aromatic heterocycles. The van der Waals surface area contributed by atoms with Crippen LogP contribution in [-0.4, -0.2) is 18.1 Å². The normalized spacial score (nSPS) is 15.4. The molecule has 0 heterocycles. The smallest absolute Gasteiger partial charge is 0.186 e. The van der Waals surface area contributed by atoms with Crippen LogP contribution in [0.2, 0.25) is 0 Å². The first-order valence-electron chi connectivity index (χ1n) is 2.03. The molecule has 11 heavy (non-hydrogen) atoms. The highest BCUT2D eigenvalue weighted by molar-refractivity contribution is 5.82. The Bertz CT molecular complexity index is 167. The third kappa shape index (κ3) is 1.81. The van der Waals surface area contributed by atoms with Crippen molar-refractivity contribution in [3.63, 3.8) is 0 Å². The van der Waals surface area contributed by atoms with Crippen LogP contribution in [0.4, 0.5) is 30.8 Å². The van der Waals surface area contributed by atoms with E-state index >= 15 is 0 Å². The van der Waals surface area contributed by atoms with Crippen LogP contribution < -0.4 is 0 Å². The molecule has 0 saturated heterocycles. The molecule has 0 amide bonds. The predicted octanol–water partition coefficient (Wildman–Crippen LogP) is 2.44. The van der Waals surface area contributed by atoms with E-state index in [1.165, 1.54) is 0 Å². The lowest BCUT2D eigenvalue weighted by molar-refractivity contribution is -0.252. The quantitative estimate of drug-likeness (QED) is 0.437. The summed E-state index contributed by atoms with van der Waals surface area (Å²) < 4.78 is 78.0. The molecule has 0 aliphatic carbocycles. The van der Waals surface area contributed by atoms with Crippen molar-refractivity contribution in [1.29, 1.82) is 0 Å². The molecule has 0 aliphatic rings. The zero-order valence-electron chi connectivity index (χ0n) is 4.59. The molecular weight excluding hydrogens is 183 g/mol. The first-order chi connectivity index (χ1) is 4.73. The van der Waals surface area contributed by atoms with Gasteiger partial charge in [0.1, 0.15) is 0 Å². The van der Waals surface area contributed by atoms with Crippen molar-refractivity contribution < 1.29 is 30.8 Å². The summed E-state index contributed by atoms with van der Waals surface area (Å²) in [5.74, 6) is -9.24. The van der Waals surface area contributed by atoms with Crippen molar-refractivity contribution in [2.45, 2.75) is 12.1 Å². The van der Waals surface area contributed by atoms with E-state index in [0.29, 0.717) is 5.21 Å². The van der Waals surface area contributed by atoms with Crippen LogP contribution in [0, 0.1) is 0 Å². The van der Waals surface area contributed by atoms with Gasteiger partial charge in [-0.25, -0.2) is 0 Å². The lowest BCUT2D eigenvalue weighted by Crippen LogP contribution is -2.42. The summed E-state index contributed by atoms with van der Waals surface area (Å²) in [7, 11) is 0. The molecule has 0 aromatic carbocycles. The van der Waals surface area contributed by atoms with E-state index in [4.69, 9.17) is 0 Å². The van der Waals surface area contributed by atoms with Gasteiger partial charge in [-0.05, 0) is 0 Å². The second-order valence-corrected chi connectivity index (χ2v) is 1.45. The Labute approximate surface area is 55.5 Å². The van der Waals surface area contributed by atoms with E-state index in [0.717, 1.165) is 0 Å². The Balaban J connectivity index is 4.74. The molecule has 66 valence electrons. The van der Waals surface area contributed by atoms with Crippen LogP contribution in [0.5, 0.6) is 0 Å². The number of alkyl halides is 5. The number of hydrogen-bond donors (Lipinski definition) is 0. The minimum Gasteiger partial charge on any atom is -0.186 e. The molecule has 0 saturated carbocycles. The maximum atomic E-state index is 11.5. The van der Waals surface area contributed by atoms with Gasteiger partial charge in [-0.15, -0.1) is 0 Å². The molecule has 0 fully saturated rings. The van der Waals surface area contributed by atoms with Gasteiger partial charge in [-0.3, -0.25) is 0 Å². The second kappa shape index (κ2) is 2.67. The van der Waals surface area contributed by atoms with Gasteiger partial charge in [0.05, 0.1) is 0 Å². The molecule has 0 atom stereocenters. The highest BCUT2D eigenvalue weighted by atomic mass is 19.4. The average molecular weight is 183 g/mol. The summed E-state index contributed by atoms with van der Waals surface area (Å²) in [4.78, 5) is 0. The Morgan fingerprint density at radius 2 is 1.36 bits per heavy atom. The molecule has 0 rings (SSSR count). The van der Waals surface area contributed by atoms with Gasteiger partial charge >= 0.3 is 12.1 Å². The van der Waals surface area contributed by atoms with Gasteiger partial charge < -0.3 is 0 Å². The van der Waals surface area contributed by atoms with Gasteiger partial charge in [0.25, 0.3) is 5.97 Å². The second-order valence-electron chi connectivity index (χ2n) is 1.45. The third-order valence-electron chi connectivity index (χ3n) is 0.689. The Kier molecular flexibility index (Phi) is 2.47. The van der Waals surface area contributed by atoms with Crippen LogP contribution >= 0.6 is 0 Å². The van der Waals surface area contributed by atoms with E-state index in [9.17, 15) is 30.8 Å². The lowest BCUT2D eigenvalue weighted by Gasteiger charge is -2.14. The van der Waals surface area contributed by atoms with Gasteiger partial charge in [0, 0.05) is 0 Å². The lowest BCUT2D eigenvalue weighted by atomic mass is 10.3. The first-order valence-corrected chi connectivity index (χ1v) is 2.03. The maximum Gasteiger partial charge on any atom is 0.462 e. The number of halogens is 7. The predicted molar refractivity (Wildman–Crippen MR) is 20.7 cm³/mol. The fourth-order valence-corrected chi connectivity index (χ4v) is 0.170. The minimum absolute atomic E-state index is 0.607. The van der Waals surface area contributed by atoms with Crippen LogP contribution in [0.15, 0.2) is 5.21 Å². The van der Waals surface area contributed by atoms with E-state index < -0.39 is 18.1 Å². The molecule has 0 unspecified atom stereocenters. The largest absolute Gasteiger partial charge is 0.462 e. The standard InChI is InChI=1S/C3F7N/c4-1(11-10)2(5,6)3(7,8)9. The Morgan fingerprint density at radius 1 is 1.00 bits per heavy atom. The summed E-state index contributed by atoms with van der Waals surface area (Å²) in [6.07, 6.45) is -6.16. The molecule has 1 nitrogen and oxygen atoms in total. The number of hydrogen-bond acceptors (Lipinski definition) is 1. The molecule has 0 radical (unpaired) electrons. The average Bonchev–Trinajstić information content (AvgIpc) is 1.83. The summed E-state index contributed by atoms with van der Waals surface area (Å²) in [6, 6.07) is 0. The molecule has 0 N–H and O–H groups in total. The minimum atomic E-state index is -6.16.